The first-order chi connectivity index (χ1) is 20.0. The highest BCUT2D eigenvalue weighted by Crippen LogP contribution is 2.14. The average molecular weight is 597 g/mol. The van der Waals surface area contributed by atoms with Gasteiger partial charge in [-0.25, -0.2) is 4.79 Å². The van der Waals surface area contributed by atoms with Crippen LogP contribution in [0.2, 0.25) is 0 Å². The third-order valence-electron chi connectivity index (χ3n) is 7.35. The Hall–Kier alpha value is -2.16. The zero-order chi connectivity index (χ0) is 31.6. The lowest BCUT2D eigenvalue weighted by atomic mass is 10.0. The second kappa shape index (κ2) is 25.3. The Morgan fingerprint density at radius 1 is 0.643 bits per heavy atom. The lowest BCUT2D eigenvalue weighted by molar-refractivity contribution is -0.159. The quantitative estimate of drug-likeness (QED) is 0.0750. The molecule has 0 fully saturated rings. The van der Waals surface area contributed by atoms with E-state index >= 15 is 0 Å². The molecule has 0 bridgehead atoms. The topological polar surface area (TPSA) is 126 Å². The van der Waals surface area contributed by atoms with E-state index in [0.29, 0.717) is 19.4 Å². The molecule has 2 atom stereocenters. The van der Waals surface area contributed by atoms with Gasteiger partial charge in [0.1, 0.15) is 11.6 Å². The Bertz CT molecular complexity index is 738. The maximum Gasteiger partial charge on any atom is 0.329 e. The number of carbonyl (C=O) groups excluding carboxylic acids is 4. The van der Waals surface area contributed by atoms with Crippen LogP contribution in [-0.2, 0) is 23.9 Å². The normalized spacial score (nSPS) is 12.8. The molecule has 0 aromatic rings. The fraction of sp³-hybridized carbons (Fsp3) is 0.879. The lowest BCUT2D eigenvalue weighted by Gasteiger charge is -2.24. The van der Waals surface area contributed by atoms with Crippen molar-refractivity contribution in [2.45, 2.75) is 167 Å². The van der Waals surface area contributed by atoms with Gasteiger partial charge in [0.15, 0.2) is 0 Å². The van der Waals surface area contributed by atoms with Crippen LogP contribution >= 0.6 is 0 Å². The number of ether oxygens (including phenoxy) is 1. The number of nitrogens with one attached hydrogen (secondary N) is 4. The Kier molecular flexibility index (Phi) is 24.0. The van der Waals surface area contributed by atoms with Crippen molar-refractivity contribution in [3.63, 3.8) is 0 Å². The predicted molar refractivity (Wildman–Crippen MR) is 171 cm³/mol. The summed E-state index contributed by atoms with van der Waals surface area (Å²) >= 11 is 0. The van der Waals surface area contributed by atoms with Gasteiger partial charge in [0.25, 0.3) is 0 Å². The summed E-state index contributed by atoms with van der Waals surface area (Å²) in [7, 11) is 3.36. The summed E-state index contributed by atoms with van der Waals surface area (Å²) in [6.45, 7) is 8.10. The molecular formula is C33H64N4O5. The Labute approximate surface area is 256 Å². The highest BCUT2D eigenvalue weighted by Gasteiger charge is 2.27. The van der Waals surface area contributed by atoms with Crippen molar-refractivity contribution in [2.75, 3.05) is 20.6 Å². The minimum absolute atomic E-state index is 0.0501. The monoisotopic (exact) mass is 596 g/mol. The van der Waals surface area contributed by atoms with Crippen LogP contribution in [0.5, 0.6) is 0 Å². The first kappa shape index (κ1) is 39.8. The van der Waals surface area contributed by atoms with Crippen molar-refractivity contribution in [3.05, 3.63) is 0 Å². The van der Waals surface area contributed by atoms with Gasteiger partial charge >= 0.3 is 5.97 Å². The fourth-order valence-corrected chi connectivity index (χ4v) is 4.84. The molecule has 0 heterocycles. The number of unbranched alkanes of at least 4 members (excludes halogenated alkanes) is 13. The summed E-state index contributed by atoms with van der Waals surface area (Å²) in [4.78, 5) is 49.5. The van der Waals surface area contributed by atoms with Crippen LogP contribution in [0.15, 0.2) is 0 Å². The van der Waals surface area contributed by atoms with E-state index in [0.717, 1.165) is 32.1 Å². The maximum absolute atomic E-state index is 12.8. The third-order valence-corrected chi connectivity index (χ3v) is 7.35. The van der Waals surface area contributed by atoms with E-state index in [2.05, 4.69) is 28.2 Å². The molecule has 246 valence electrons. The maximum atomic E-state index is 12.8. The van der Waals surface area contributed by atoms with Crippen LogP contribution in [-0.4, -0.2) is 62.0 Å². The number of likely N-dealkylation sites (N-methyl/N-ethyl adjacent to an activating group) is 2. The molecule has 0 aromatic carbocycles. The van der Waals surface area contributed by atoms with Gasteiger partial charge in [-0.1, -0.05) is 84.0 Å². The second-order valence-corrected chi connectivity index (χ2v) is 12.5. The number of esters is 1. The van der Waals surface area contributed by atoms with Gasteiger partial charge in [-0.2, -0.15) is 0 Å². The van der Waals surface area contributed by atoms with Gasteiger partial charge in [0.2, 0.25) is 17.7 Å². The highest BCUT2D eigenvalue weighted by atomic mass is 16.6. The molecule has 0 unspecified atom stereocenters. The molecule has 0 rings (SSSR count). The summed E-state index contributed by atoms with van der Waals surface area (Å²) < 4.78 is 5.51. The number of carbonyl (C=O) groups is 4. The zero-order valence-electron chi connectivity index (χ0n) is 27.8. The molecule has 0 saturated heterocycles. The van der Waals surface area contributed by atoms with Gasteiger partial charge in [-0.05, 0) is 59.9 Å². The van der Waals surface area contributed by atoms with E-state index in [1.165, 1.54) is 64.2 Å². The molecule has 0 spiro atoms. The fourth-order valence-electron chi connectivity index (χ4n) is 4.84. The average Bonchev–Trinajstić information content (AvgIpc) is 2.94. The molecule has 0 aliphatic rings. The number of rotatable bonds is 26. The molecule has 9 heteroatoms. The van der Waals surface area contributed by atoms with E-state index < -0.39 is 17.6 Å². The van der Waals surface area contributed by atoms with E-state index in [1.54, 1.807) is 34.9 Å². The van der Waals surface area contributed by atoms with Crippen LogP contribution < -0.4 is 21.3 Å². The van der Waals surface area contributed by atoms with Gasteiger partial charge in [-0.15, -0.1) is 0 Å². The summed E-state index contributed by atoms with van der Waals surface area (Å²) in [6, 6.07) is -1.10. The van der Waals surface area contributed by atoms with E-state index in [9.17, 15) is 19.2 Å². The van der Waals surface area contributed by atoms with E-state index in [-0.39, 0.29) is 36.6 Å². The molecule has 9 nitrogen and oxygen atoms in total. The lowest BCUT2D eigenvalue weighted by Crippen LogP contribution is -2.44. The van der Waals surface area contributed by atoms with Crippen molar-refractivity contribution in [1.29, 1.82) is 0 Å². The van der Waals surface area contributed by atoms with Crippen molar-refractivity contribution >= 4 is 23.7 Å². The summed E-state index contributed by atoms with van der Waals surface area (Å²) in [5, 5.41) is 11.3. The summed E-state index contributed by atoms with van der Waals surface area (Å²) in [5.74, 6) is -0.914. The molecule has 0 radical (unpaired) electrons. The SMILES string of the molecule is CCCCCCCCCCCCCCCC(=O)N[C@@H](CCC(=O)NCCCC[C@H](NC)C(=O)NC)C(=O)OC(C)(C)C. The first-order valence-corrected chi connectivity index (χ1v) is 16.7. The minimum Gasteiger partial charge on any atom is -0.458 e. The van der Waals surface area contributed by atoms with Crippen LogP contribution in [0.4, 0.5) is 0 Å². The van der Waals surface area contributed by atoms with Crippen LogP contribution in [0.3, 0.4) is 0 Å². The smallest absolute Gasteiger partial charge is 0.329 e. The van der Waals surface area contributed by atoms with Crippen molar-refractivity contribution in [1.82, 2.24) is 21.3 Å². The summed E-state index contributed by atoms with van der Waals surface area (Å²) in [6.07, 6.45) is 19.0. The minimum atomic E-state index is -0.853. The number of hydrogen-bond acceptors (Lipinski definition) is 6. The van der Waals surface area contributed by atoms with Gasteiger partial charge in [0.05, 0.1) is 6.04 Å². The van der Waals surface area contributed by atoms with Crippen molar-refractivity contribution in [3.8, 4) is 0 Å². The molecule has 0 saturated carbocycles. The third kappa shape index (κ3) is 23.4. The van der Waals surface area contributed by atoms with Crippen molar-refractivity contribution < 1.29 is 23.9 Å². The standard InChI is InChI=1S/C33H64N4O5/c1-7-8-9-10-11-12-13-14-15-16-17-18-19-23-30(39)37-28(32(41)42-33(2,3)4)24-25-29(38)36-26-21-20-22-27(34-5)31(40)35-6/h27-28,34H,7-26H2,1-6H3,(H,35,40)(H,36,38)(H,37,39)/t27-,28-/m0/s1. The van der Waals surface area contributed by atoms with Crippen LogP contribution in [0.25, 0.3) is 0 Å². The van der Waals surface area contributed by atoms with Crippen molar-refractivity contribution in [2.24, 2.45) is 0 Å². The van der Waals surface area contributed by atoms with E-state index in [1.807, 2.05) is 0 Å². The summed E-state index contributed by atoms with van der Waals surface area (Å²) in [5.41, 5.74) is -0.683. The number of amides is 3. The first-order valence-electron chi connectivity index (χ1n) is 16.7. The highest BCUT2D eigenvalue weighted by molar-refractivity contribution is 5.85. The Morgan fingerprint density at radius 2 is 1.19 bits per heavy atom. The second-order valence-electron chi connectivity index (χ2n) is 12.5. The molecule has 4 N–H and O–H groups in total. The molecule has 42 heavy (non-hydrogen) atoms. The Balaban J connectivity index is 4.29. The zero-order valence-corrected chi connectivity index (χ0v) is 27.8. The molecule has 0 aliphatic carbocycles. The number of hydrogen-bond donors (Lipinski definition) is 4. The molecule has 0 aliphatic heterocycles. The van der Waals surface area contributed by atoms with Crippen LogP contribution in [0, 0.1) is 0 Å². The van der Waals surface area contributed by atoms with Crippen LogP contribution in [0.1, 0.15) is 150 Å². The van der Waals surface area contributed by atoms with Gasteiger partial charge < -0.3 is 26.0 Å². The van der Waals surface area contributed by atoms with Gasteiger partial charge in [-0.3, -0.25) is 14.4 Å². The Morgan fingerprint density at radius 3 is 1.69 bits per heavy atom. The van der Waals surface area contributed by atoms with E-state index in [4.69, 9.17) is 4.74 Å². The predicted octanol–water partition coefficient (Wildman–Crippen LogP) is 5.69. The molecule has 0 aromatic heterocycles. The van der Waals surface area contributed by atoms with Gasteiger partial charge in [0, 0.05) is 26.4 Å². The molecular weight excluding hydrogens is 532 g/mol. The molecule has 3 amide bonds. The largest absolute Gasteiger partial charge is 0.458 e.